The standard InChI is InChI=1S/C15H28O2/c1-5-7-8-10-13(9-6-2)14(15(16)17)11-12(3)4/h6,12-14H,2,5,7-11H2,1,3-4H3,(H,16,17)/t13-,14+/m0/s1. The smallest absolute Gasteiger partial charge is 0.306 e. The number of hydrogen-bond donors (Lipinski definition) is 1. The Hall–Kier alpha value is -0.790. The summed E-state index contributed by atoms with van der Waals surface area (Å²) in [6.45, 7) is 10.1. The third-order valence-corrected chi connectivity index (χ3v) is 3.26. The first kappa shape index (κ1) is 16.2. The number of carboxylic acids is 1. The van der Waals surface area contributed by atoms with Gasteiger partial charge in [-0.15, -0.1) is 6.58 Å². The van der Waals surface area contributed by atoms with Gasteiger partial charge < -0.3 is 5.11 Å². The van der Waals surface area contributed by atoms with Crippen LogP contribution in [-0.2, 0) is 4.79 Å². The fourth-order valence-electron chi connectivity index (χ4n) is 2.36. The lowest BCUT2D eigenvalue weighted by Gasteiger charge is -2.24. The maximum absolute atomic E-state index is 11.3. The van der Waals surface area contributed by atoms with E-state index >= 15 is 0 Å². The van der Waals surface area contributed by atoms with E-state index in [1.165, 1.54) is 12.8 Å². The van der Waals surface area contributed by atoms with Crippen molar-refractivity contribution < 1.29 is 9.90 Å². The van der Waals surface area contributed by atoms with Crippen molar-refractivity contribution in [2.24, 2.45) is 17.8 Å². The molecule has 0 aliphatic rings. The molecule has 2 heteroatoms. The summed E-state index contributed by atoms with van der Waals surface area (Å²) >= 11 is 0. The fourth-order valence-corrected chi connectivity index (χ4v) is 2.36. The zero-order valence-electron chi connectivity index (χ0n) is 11.6. The number of carbonyl (C=O) groups is 1. The van der Waals surface area contributed by atoms with Crippen molar-refractivity contribution in [1.82, 2.24) is 0 Å². The van der Waals surface area contributed by atoms with Crippen LogP contribution in [0.15, 0.2) is 12.7 Å². The van der Waals surface area contributed by atoms with E-state index in [1.54, 1.807) is 0 Å². The van der Waals surface area contributed by atoms with Crippen molar-refractivity contribution in [2.75, 3.05) is 0 Å². The number of rotatable bonds is 10. The maximum Gasteiger partial charge on any atom is 0.306 e. The Bertz CT molecular complexity index is 221. The molecule has 0 spiro atoms. The Morgan fingerprint density at radius 1 is 1.35 bits per heavy atom. The molecule has 2 nitrogen and oxygen atoms in total. The molecular formula is C15H28O2. The van der Waals surface area contributed by atoms with Gasteiger partial charge in [0.2, 0.25) is 0 Å². The first-order chi connectivity index (χ1) is 8.02. The van der Waals surface area contributed by atoms with E-state index in [2.05, 4.69) is 27.4 Å². The zero-order chi connectivity index (χ0) is 13.3. The van der Waals surface area contributed by atoms with Crippen LogP contribution in [0.4, 0.5) is 0 Å². The summed E-state index contributed by atoms with van der Waals surface area (Å²) < 4.78 is 0. The molecule has 0 aliphatic heterocycles. The topological polar surface area (TPSA) is 37.3 Å². The second-order valence-electron chi connectivity index (χ2n) is 5.35. The highest BCUT2D eigenvalue weighted by atomic mass is 16.4. The molecule has 0 heterocycles. The van der Waals surface area contributed by atoms with Gasteiger partial charge in [-0.2, -0.15) is 0 Å². The lowest BCUT2D eigenvalue weighted by molar-refractivity contribution is -0.144. The molecule has 0 aromatic rings. The number of carboxylic acid groups (broad SMARTS) is 1. The van der Waals surface area contributed by atoms with Gasteiger partial charge in [0.1, 0.15) is 0 Å². The third kappa shape index (κ3) is 7.19. The molecule has 0 fully saturated rings. The number of hydrogen-bond acceptors (Lipinski definition) is 1. The summed E-state index contributed by atoms with van der Waals surface area (Å²) in [7, 11) is 0. The predicted octanol–water partition coefficient (Wildman–Crippen LogP) is 4.51. The van der Waals surface area contributed by atoms with Gasteiger partial charge in [-0.1, -0.05) is 46.1 Å². The monoisotopic (exact) mass is 240 g/mol. The highest BCUT2D eigenvalue weighted by Gasteiger charge is 2.27. The minimum Gasteiger partial charge on any atom is -0.481 e. The van der Waals surface area contributed by atoms with Crippen LogP contribution in [0.3, 0.4) is 0 Å². The highest BCUT2D eigenvalue weighted by molar-refractivity contribution is 5.70. The molecule has 0 rings (SSSR count). The molecule has 0 radical (unpaired) electrons. The van der Waals surface area contributed by atoms with Gasteiger partial charge in [0.05, 0.1) is 5.92 Å². The first-order valence-corrected chi connectivity index (χ1v) is 6.86. The van der Waals surface area contributed by atoms with Crippen LogP contribution in [0.1, 0.15) is 59.3 Å². The van der Waals surface area contributed by atoms with Crippen LogP contribution in [0, 0.1) is 17.8 Å². The van der Waals surface area contributed by atoms with Crippen molar-refractivity contribution in [2.45, 2.75) is 59.3 Å². The van der Waals surface area contributed by atoms with Crippen molar-refractivity contribution in [3.8, 4) is 0 Å². The van der Waals surface area contributed by atoms with E-state index in [4.69, 9.17) is 0 Å². The summed E-state index contributed by atoms with van der Waals surface area (Å²) in [6.07, 6.45) is 8.01. The molecule has 0 bridgehead atoms. The largest absolute Gasteiger partial charge is 0.481 e. The fraction of sp³-hybridized carbons (Fsp3) is 0.800. The summed E-state index contributed by atoms with van der Waals surface area (Å²) in [5.74, 6) is -0.138. The van der Waals surface area contributed by atoms with Crippen LogP contribution < -0.4 is 0 Å². The van der Waals surface area contributed by atoms with Gasteiger partial charge in [-0.3, -0.25) is 4.79 Å². The van der Waals surface area contributed by atoms with Crippen LogP contribution in [0.5, 0.6) is 0 Å². The van der Waals surface area contributed by atoms with Crippen molar-refractivity contribution >= 4 is 5.97 Å². The van der Waals surface area contributed by atoms with Gasteiger partial charge >= 0.3 is 5.97 Å². The second kappa shape index (κ2) is 9.26. The van der Waals surface area contributed by atoms with Crippen molar-refractivity contribution in [1.29, 1.82) is 0 Å². The van der Waals surface area contributed by atoms with Crippen LogP contribution in [0.25, 0.3) is 0 Å². The molecule has 0 aromatic heterocycles. The van der Waals surface area contributed by atoms with Gasteiger partial charge in [0, 0.05) is 0 Å². The molecule has 1 N–H and O–H groups in total. The predicted molar refractivity (Wildman–Crippen MR) is 73.0 cm³/mol. The molecule has 100 valence electrons. The van der Waals surface area contributed by atoms with E-state index in [1.807, 2.05) is 6.08 Å². The molecule has 0 saturated heterocycles. The Morgan fingerprint density at radius 3 is 2.41 bits per heavy atom. The minimum absolute atomic E-state index is 0.204. The normalized spacial score (nSPS) is 14.6. The van der Waals surface area contributed by atoms with Gasteiger partial charge in [-0.05, 0) is 31.1 Å². The molecule has 0 aromatic carbocycles. The van der Waals surface area contributed by atoms with E-state index in [-0.39, 0.29) is 11.8 Å². The Morgan fingerprint density at radius 2 is 2.00 bits per heavy atom. The number of unbranched alkanes of at least 4 members (excludes halogenated alkanes) is 2. The molecular weight excluding hydrogens is 212 g/mol. The number of aliphatic carboxylic acids is 1. The van der Waals surface area contributed by atoms with E-state index < -0.39 is 5.97 Å². The van der Waals surface area contributed by atoms with Crippen LogP contribution in [-0.4, -0.2) is 11.1 Å². The summed E-state index contributed by atoms with van der Waals surface area (Å²) in [5.41, 5.74) is 0. The average Bonchev–Trinajstić information content (AvgIpc) is 2.24. The maximum atomic E-state index is 11.3. The minimum atomic E-state index is -0.637. The van der Waals surface area contributed by atoms with Crippen LogP contribution >= 0.6 is 0 Å². The van der Waals surface area contributed by atoms with E-state index in [0.717, 1.165) is 25.7 Å². The zero-order valence-corrected chi connectivity index (χ0v) is 11.6. The van der Waals surface area contributed by atoms with Crippen LogP contribution in [0.2, 0.25) is 0 Å². The highest BCUT2D eigenvalue weighted by Crippen LogP contribution is 2.28. The van der Waals surface area contributed by atoms with Crippen molar-refractivity contribution in [3.05, 3.63) is 12.7 Å². The lowest BCUT2D eigenvalue weighted by atomic mass is 9.80. The Balaban J connectivity index is 4.46. The van der Waals surface area contributed by atoms with Gasteiger partial charge in [-0.25, -0.2) is 0 Å². The van der Waals surface area contributed by atoms with Crippen molar-refractivity contribution in [3.63, 3.8) is 0 Å². The Labute approximate surface area is 106 Å². The average molecular weight is 240 g/mol. The molecule has 0 saturated carbocycles. The molecule has 0 aliphatic carbocycles. The quantitative estimate of drug-likeness (QED) is 0.451. The summed E-state index contributed by atoms with van der Waals surface area (Å²) in [6, 6.07) is 0. The Kier molecular flexibility index (Phi) is 8.83. The number of allylic oxidation sites excluding steroid dienone is 1. The van der Waals surface area contributed by atoms with Gasteiger partial charge in [0.15, 0.2) is 0 Å². The summed E-state index contributed by atoms with van der Waals surface area (Å²) in [5, 5.41) is 9.34. The molecule has 17 heavy (non-hydrogen) atoms. The van der Waals surface area contributed by atoms with E-state index in [9.17, 15) is 9.90 Å². The molecule has 0 unspecified atom stereocenters. The second-order valence-corrected chi connectivity index (χ2v) is 5.35. The first-order valence-electron chi connectivity index (χ1n) is 6.86. The SMILES string of the molecule is C=CC[C@@H](CCCCC)[C@@H](CC(C)C)C(=O)O. The molecule has 2 atom stereocenters. The third-order valence-electron chi connectivity index (χ3n) is 3.26. The lowest BCUT2D eigenvalue weighted by Crippen LogP contribution is -2.25. The summed E-state index contributed by atoms with van der Waals surface area (Å²) in [4.78, 5) is 11.3. The van der Waals surface area contributed by atoms with E-state index in [0.29, 0.717) is 5.92 Å². The van der Waals surface area contributed by atoms with Gasteiger partial charge in [0.25, 0.3) is 0 Å². The molecule has 0 amide bonds.